The first-order valence-electron chi connectivity index (χ1n) is 9.45. The van der Waals surface area contributed by atoms with Gasteiger partial charge in [0.2, 0.25) is 0 Å². The zero-order valence-corrected chi connectivity index (χ0v) is 16.6. The predicted octanol–water partition coefficient (Wildman–Crippen LogP) is 4.76. The van der Waals surface area contributed by atoms with Crippen LogP contribution in [0.3, 0.4) is 0 Å². The van der Waals surface area contributed by atoms with Crippen LogP contribution in [0, 0.1) is 5.41 Å². The lowest BCUT2D eigenvalue weighted by Gasteiger charge is -2.25. The fourth-order valence-electron chi connectivity index (χ4n) is 3.24. The lowest BCUT2D eigenvalue weighted by atomic mass is 9.84. The van der Waals surface area contributed by atoms with E-state index in [1.165, 1.54) is 0 Å². The summed E-state index contributed by atoms with van der Waals surface area (Å²) in [6.07, 6.45) is 1.56. The molecule has 3 heteroatoms. The molecule has 2 aromatic rings. The van der Waals surface area contributed by atoms with Gasteiger partial charge in [0.05, 0.1) is 6.04 Å². The van der Waals surface area contributed by atoms with Crippen LogP contribution in [-0.4, -0.2) is 23.5 Å². The van der Waals surface area contributed by atoms with Crippen LogP contribution in [0.1, 0.15) is 45.7 Å². The van der Waals surface area contributed by atoms with Crippen molar-refractivity contribution < 1.29 is 9.90 Å². The summed E-state index contributed by atoms with van der Waals surface area (Å²) >= 11 is 0. The second-order valence-electron chi connectivity index (χ2n) is 7.82. The number of phenolic OH excluding ortho intramolecular Hbond substituents is 1. The van der Waals surface area contributed by atoms with Gasteiger partial charge in [0.25, 0.3) is 0 Å². The predicted molar refractivity (Wildman–Crippen MR) is 109 cm³/mol. The molecule has 0 radical (unpaired) electrons. The highest BCUT2D eigenvalue weighted by Gasteiger charge is 2.29. The highest BCUT2D eigenvalue weighted by Crippen LogP contribution is 2.28. The van der Waals surface area contributed by atoms with E-state index in [1.54, 1.807) is 6.07 Å². The molecule has 0 amide bonds. The summed E-state index contributed by atoms with van der Waals surface area (Å²) in [7, 11) is 0. The van der Waals surface area contributed by atoms with Crippen LogP contribution >= 0.6 is 0 Å². The molecule has 0 saturated heterocycles. The van der Waals surface area contributed by atoms with Crippen molar-refractivity contribution in [3.63, 3.8) is 0 Å². The number of rotatable bonds is 7. The van der Waals surface area contributed by atoms with E-state index in [4.69, 9.17) is 0 Å². The molecule has 0 aliphatic heterocycles. The molecule has 0 heterocycles. The number of aromatic hydroxyl groups is 1. The number of nitrogens with one attached hydrogen (secondary N) is 1. The van der Waals surface area contributed by atoms with Gasteiger partial charge < -0.3 is 10.4 Å². The smallest absolute Gasteiger partial charge is 0.155 e. The molecule has 0 fully saturated rings. The van der Waals surface area contributed by atoms with Gasteiger partial charge in [-0.2, -0.15) is 0 Å². The molecule has 0 bridgehead atoms. The van der Waals surface area contributed by atoms with E-state index in [9.17, 15) is 9.90 Å². The molecule has 2 N–H and O–H groups in total. The zero-order chi connectivity index (χ0) is 19.3. The minimum absolute atomic E-state index is 0.161. The van der Waals surface area contributed by atoms with Gasteiger partial charge in [-0.1, -0.05) is 65.0 Å². The van der Waals surface area contributed by atoms with Gasteiger partial charge in [0.1, 0.15) is 5.75 Å². The van der Waals surface area contributed by atoms with Crippen LogP contribution < -0.4 is 5.32 Å². The molecule has 0 aliphatic rings. The number of benzene rings is 2. The maximum atomic E-state index is 12.7. The van der Waals surface area contributed by atoms with Crippen molar-refractivity contribution in [1.82, 2.24) is 5.32 Å². The Balaban J connectivity index is 2.22. The number of phenols is 1. The molecule has 3 nitrogen and oxygen atoms in total. The van der Waals surface area contributed by atoms with E-state index in [1.807, 2.05) is 39.8 Å². The van der Waals surface area contributed by atoms with Gasteiger partial charge in [-0.05, 0) is 53.8 Å². The fraction of sp³-hybridized carbons (Fsp3) is 0.435. The van der Waals surface area contributed by atoms with Gasteiger partial charge in [-0.3, -0.25) is 4.79 Å². The largest absolute Gasteiger partial charge is 0.508 e. The average molecular weight is 354 g/mol. The molecule has 1 atom stereocenters. The Morgan fingerprint density at radius 1 is 1.08 bits per heavy atom. The second-order valence-corrected chi connectivity index (χ2v) is 7.82. The Hall–Kier alpha value is -2.13. The first-order valence-corrected chi connectivity index (χ1v) is 9.45. The normalized spacial score (nSPS) is 12.8. The topological polar surface area (TPSA) is 49.3 Å². The zero-order valence-electron chi connectivity index (χ0n) is 16.6. The van der Waals surface area contributed by atoms with E-state index in [-0.39, 0.29) is 17.2 Å². The average Bonchev–Trinajstić information content (AvgIpc) is 2.60. The Morgan fingerprint density at radius 3 is 2.27 bits per heavy atom. The van der Waals surface area contributed by atoms with Crippen LogP contribution in [0.25, 0.3) is 11.1 Å². The SMILES string of the molecule is CCN[C@@H](Cc1ccc(-c2ccc(O)cc2CC)cc1)C(=O)C(C)(C)C. The maximum absolute atomic E-state index is 12.7. The summed E-state index contributed by atoms with van der Waals surface area (Å²) in [5.41, 5.74) is 4.20. The summed E-state index contributed by atoms with van der Waals surface area (Å²) in [6.45, 7) is 10.8. The number of likely N-dealkylation sites (N-methyl/N-ethyl adjacent to an activating group) is 1. The highest BCUT2D eigenvalue weighted by molar-refractivity contribution is 5.89. The van der Waals surface area contributed by atoms with Crippen LogP contribution in [0.4, 0.5) is 0 Å². The van der Waals surface area contributed by atoms with E-state index >= 15 is 0 Å². The number of hydrogen-bond acceptors (Lipinski definition) is 3. The molecular weight excluding hydrogens is 322 g/mol. The molecule has 140 valence electrons. The minimum Gasteiger partial charge on any atom is -0.508 e. The molecule has 2 rings (SSSR count). The number of carbonyl (C=O) groups is 1. The lowest BCUT2D eigenvalue weighted by molar-refractivity contribution is -0.128. The summed E-state index contributed by atoms with van der Waals surface area (Å²) in [5, 5.41) is 13.0. The van der Waals surface area contributed by atoms with Crippen LogP contribution in [0.15, 0.2) is 42.5 Å². The minimum atomic E-state index is -0.352. The second kappa shape index (κ2) is 8.50. The molecule has 0 spiro atoms. The quantitative estimate of drug-likeness (QED) is 0.755. The first kappa shape index (κ1) is 20.2. The Kier molecular flexibility index (Phi) is 6.60. The summed E-state index contributed by atoms with van der Waals surface area (Å²) in [4.78, 5) is 12.7. The van der Waals surface area contributed by atoms with Crippen LogP contribution in [0.5, 0.6) is 5.75 Å². The third-order valence-electron chi connectivity index (χ3n) is 4.68. The van der Waals surface area contributed by atoms with E-state index in [2.05, 4.69) is 36.5 Å². The standard InChI is InChI=1S/C23H31NO2/c1-6-17-15-19(25)12-13-20(17)18-10-8-16(9-11-18)14-21(24-7-2)22(26)23(3,4)5/h8-13,15,21,24-25H,6-7,14H2,1-5H3/t21-/m0/s1. The summed E-state index contributed by atoms with van der Waals surface area (Å²) in [6, 6.07) is 13.8. The van der Waals surface area contributed by atoms with E-state index in [0.29, 0.717) is 12.2 Å². The number of aryl methyl sites for hydroxylation is 1. The number of Topliss-reactive ketones (excluding diaryl/α,β-unsaturated/α-hetero) is 1. The third-order valence-corrected chi connectivity index (χ3v) is 4.68. The Labute approximate surface area is 157 Å². The maximum Gasteiger partial charge on any atom is 0.155 e. The number of carbonyl (C=O) groups excluding carboxylic acids is 1. The fourth-order valence-corrected chi connectivity index (χ4v) is 3.24. The summed E-state index contributed by atoms with van der Waals surface area (Å²) in [5.74, 6) is 0.548. The van der Waals surface area contributed by atoms with Gasteiger partial charge in [0.15, 0.2) is 5.78 Å². The molecule has 0 aromatic heterocycles. The van der Waals surface area contributed by atoms with Gasteiger partial charge in [-0.25, -0.2) is 0 Å². The molecular formula is C23H31NO2. The third kappa shape index (κ3) is 4.95. The molecule has 26 heavy (non-hydrogen) atoms. The van der Waals surface area contributed by atoms with E-state index in [0.717, 1.165) is 35.2 Å². The molecule has 2 aromatic carbocycles. The van der Waals surface area contributed by atoms with E-state index < -0.39 is 0 Å². The van der Waals surface area contributed by atoms with Crippen molar-refractivity contribution in [2.75, 3.05) is 6.54 Å². The highest BCUT2D eigenvalue weighted by atomic mass is 16.3. The van der Waals surface area contributed by atoms with Gasteiger partial charge >= 0.3 is 0 Å². The molecule has 0 aliphatic carbocycles. The van der Waals surface area contributed by atoms with Crippen LogP contribution in [0.2, 0.25) is 0 Å². The van der Waals surface area contributed by atoms with Gasteiger partial charge in [-0.15, -0.1) is 0 Å². The van der Waals surface area contributed by atoms with Crippen molar-refractivity contribution in [3.05, 3.63) is 53.6 Å². The molecule has 0 saturated carbocycles. The van der Waals surface area contributed by atoms with Crippen LogP contribution in [-0.2, 0) is 17.6 Å². The van der Waals surface area contributed by atoms with Crippen molar-refractivity contribution in [2.24, 2.45) is 5.41 Å². The first-order chi connectivity index (χ1) is 12.3. The van der Waals surface area contributed by atoms with Crippen molar-refractivity contribution in [2.45, 2.75) is 53.5 Å². The van der Waals surface area contributed by atoms with Crippen molar-refractivity contribution in [3.8, 4) is 16.9 Å². The number of hydrogen-bond donors (Lipinski definition) is 2. The Morgan fingerprint density at radius 2 is 1.73 bits per heavy atom. The Bertz CT molecular complexity index is 742. The van der Waals surface area contributed by atoms with Gasteiger partial charge in [0, 0.05) is 5.41 Å². The lowest BCUT2D eigenvalue weighted by Crippen LogP contribution is -2.44. The van der Waals surface area contributed by atoms with Crippen molar-refractivity contribution >= 4 is 5.78 Å². The van der Waals surface area contributed by atoms with Crippen molar-refractivity contribution in [1.29, 1.82) is 0 Å². The number of ketones is 1. The molecule has 0 unspecified atom stereocenters. The monoisotopic (exact) mass is 353 g/mol. The summed E-state index contributed by atoms with van der Waals surface area (Å²) < 4.78 is 0.